The molecule has 0 unspecified atom stereocenters. The molecule has 1 fully saturated rings. The van der Waals surface area contributed by atoms with Crippen LogP contribution in [0.2, 0.25) is 5.02 Å². The second kappa shape index (κ2) is 11.0. The number of nitrogens with zero attached hydrogens (tertiary/aromatic N) is 2. The zero-order valence-corrected chi connectivity index (χ0v) is 20.5. The van der Waals surface area contributed by atoms with Gasteiger partial charge in [-0.05, 0) is 55.2 Å². The van der Waals surface area contributed by atoms with E-state index in [2.05, 4.69) is 15.7 Å². The average molecular weight is 516 g/mol. The van der Waals surface area contributed by atoms with Crippen molar-refractivity contribution in [1.82, 2.24) is 25.5 Å². The predicted molar refractivity (Wildman–Crippen MR) is 134 cm³/mol. The van der Waals surface area contributed by atoms with Gasteiger partial charge in [-0.2, -0.15) is 0 Å². The minimum atomic E-state index is -4.00. The van der Waals surface area contributed by atoms with E-state index in [4.69, 9.17) is 11.6 Å². The molecule has 1 aliphatic heterocycles. The molecule has 2 heterocycles. The number of hydrogen-bond donors (Lipinski definition) is 3. The summed E-state index contributed by atoms with van der Waals surface area (Å²) in [5, 5.41) is 5.79. The predicted octanol–water partition coefficient (Wildman–Crippen LogP) is 3.25. The van der Waals surface area contributed by atoms with Crippen molar-refractivity contribution < 1.29 is 18.0 Å². The van der Waals surface area contributed by atoms with Gasteiger partial charge in [-0.15, -0.1) is 0 Å². The molecule has 3 aromatic rings. The quantitative estimate of drug-likeness (QED) is 0.444. The normalized spacial score (nSPS) is 14.4. The SMILES string of the molecule is O=C(NN1CCCCC1)NS(=O)(=O)c1ccc(CCNC(=O)c2cc(Cl)cc3cccnc23)cc1. The molecule has 1 aromatic heterocycles. The lowest BCUT2D eigenvalue weighted by Crippen LogP contribution is -2.50. The molecule has 35 heavy (non-hydrogen) atoms. The molecule has 0 atom stereocenters. The highest BCUT2D eigenvalue weighted by Gasteiger charge is 2.20. The van der Waals surface area contributed by atoms with Crippen molar-refractivity contribution in [3.8, 4) is 0 Å². The van der Waals surface area contributed by atoms with Crippen LogP contribution in [0.3, 0.4) is 0 Å². The van der Waals surface area contributed by atoms with Gasteiger partial charge >= 0.3 is 6.03 Å². The van der Waals surface area contributed by atoms with Crippen molar-refractivity contribution in [3.05, 3.63) is 70.9 Å². The molecule has 0 spiro atoms. The molecule has 1 aliphatic rings. The van der Waals surface area contributed by atoms with E-state index < -0.39 is 16.1 Å². The van der Waals surface area contributed by atoms with E-state index in [1.807, 2.05) is 10.8 Å². The molecule has 9 nitrogen and oxygen atoms in total. The monoisotopic (exact) mass is 515 g/mol. The second-order valence-electron chi connectivity index (χ2n) is 8.27. The first-order chi connectivity index (χ1) is 16.8. The van der Waals surface area contributed by atoms with E-state index in [0.717, 1.165) is 30.2 Å². The molecule has 2 aromatic carbocycles. The van der Waals surface area contributed by atoms with Crippen LogP contribution >= 0.6 is 11.6 Å². The molecule has 11 heteroatoms. The number of sulfonamides is 1. The van der Waals surface area contributed by atoms with Crippen LogP contribution in [0.4, 0.5) is 4.79 Å². The maximum atomic E-state index is 12.7. The third-order valence-corrected chi connectivity index (χ3v) is 7.26. The van der Waals surface area contributed by atoms with E-state index in [1.165, 1.54) is 12.1 Å². The van der Waals surface area contributed by atoms with Gasteiger partial charge in [0.1, 0.15) is 0 Å². The first-order valence-corrected chi connectivity index (χ1v) is 13.2. The molecular formula is C24H26ClN5O4S. The van der Waals surface area contributed by atoms with E-state index in [-0.39, 0.29) is 10.8 Å². The van der Waals surface area contributed by atoms with Crippen LogP contribution in [-0.2, 0) is 16.4 Å². The molecule has 0 aliphatic carbocycles. The Bertz CT molecular complexity index is 1330. The number of rotatable bonds is 7. The fraction of sp³-hybridized carbons (Fsp3) is 0.292. The number of piperidine rings is 1. The number of hydrazine groups is 1. The van der Waals surface area contributed by atoms with Crippen LogP contribution in [0, 0.1) is 0 Å². The van der Waals surface area contributed by atoms with Gasteiger partial charge in [-0.3, -0.25) is 15.2 Å². The zero-order valence-electron chi connectivity index (χ0n) is 19.0. The van der Waals surface area contributed by atoms with Crippen LogP contribution in [0.1, 0.15) is 35.2 Å². The first kappa shape index (κ1) is 24.9. The number of pyridine rings is 1. The van der Waals surface area contributed by atoms with Crippen LogP contribution in [0.5, 0.6) is 0 Å². The van der Waals surface area contributed by atoms with Gasteiger partial charge in [0.15, 0.2) is 0 Å². The molecule has 184 valence electrons. The Hall–Kier alpha value is -3.21. The van der Waals surface area contributed by atoms with Crippen LogP contribution in [-0.4, -0.2) is 50.0 Å². The Morgan fingerprint density at radius 1 is 1.03 bits per heavy atom. The van der Waals surface area contributed by atoms with E-state index in [0.29, 0.717) is 42.2 Å². The van der Waals surface area contributed by atoms with Crippen molar-refractivity contribution in [3.63, 3.8) is 0 Å². The van der Waals surface area contributed by atoms with Crippen LogP contribution < -0.4 is 15.5 Å². The fourth-order valence-electron chi connectivity index (χ4n) is 3.93. The van der Waals surface area contributed by atoms with Crippen LogP contribution in [0.15, 0.2) is 59.6 Å². The molecule has 1 saturated heterocycles. The Balaban J connectivity index is 1.31. The van der Waals surface area contributed by atoms with E-state index in [1.54, 1.807) is 41.5 Å². The molecule has 3 amide bonds. The van der Waals surface area contributed by atoms with Gasteiger partial charge in [0.25, 0.3) is 15.9 Å². The topological polar surface area (TPSA) is 121 Å². The number of hydrogen-bond acceptors (Lipinski definition) is 6. The third-order valence-electron chi connectivity index (χ3n) is 5.69. The summed E-state index contributed by atoms with van der Waals surface area (Å²) >= 11 is 6.14. The summed E-state index contributed by atoms with van der Waals surface area (Å²) in [7, 11) is -4.00. The number of carbonyl (C=O) groups excluding carboxylic acids is 2. The lowest BCUT2D eigenvalue weighted by molar-refractivity contribution is 0.0955. The second-order valence-corrected chi connectivity index (χ2v) is 10.4. The Labute approximate surface area is 208 Å². The van der Waals surface area contributed by atoms with Gasteiger partial charge in [-0.1, -0.05) is 36.2 Å². The number of halogens is 1. The number of urea groups is 1. The lowest BCUT2D eigenvalue weighted by Gasteiger charge is -2.26. The van der Waals surface area contributed by atoms with Gasteiger partial charge in [0, 0.05) is 36.2 Å². The summed E-state index contributed by atoms with van der Waals surface area (Å²) < 4.78 is 27.1. The minimum absolute atomic E-state index is 0.0180. The number of aromatic nitrogens is 1. The summed E-state index contributed by atoms with van der Waals surface area (Å²) in [6, 6.07) is 12.3. The Kier molecular flexibility index (Phi) is 7.84. The van der Waals surface area contributed by atoms with Crippen molar-refractivity contribution in [2.75, 3.05) is 19.6 Å². The third kappa shape index (κ3) is 6.47. The van der Waals surface area contributed by atoms with E-state index >= 15 is 0 Å². The summed E-state index contributed by atoms with van der Waals surface area (Å²) in [6.07, 6.45) is 5.13. The maximum Gasteiger partial charge on any atom is 0.343 e. The number of carbonyl (C=O) groups is 2. The number of benzene rings is 2. The molecule has 3 N–H and O–H groups in total. The number of amides is 3. The largest absolute Gasteiger partial charge is 0.352 e. The average Bonchev–Trinajstić information content (AvgIpc) is 2.84. The van der Waals surface area contributed by atoms with Gasteiger partial charge in [0.2, 0.25) is 0 Å². The summed E-state index contributed by atoms with van der Waals surface area (Å²) in [4.78, 5) is 29.1. The van der Waals surface area contributed by atoms with Crippen molar-refractivity contribution >= 4 is 44.5 Å². The first-order valence-electron chi connectivity index (χ1n) is 11.3. The smallest absolute Gasteiger partial charge is 0.343 e. The summed E-state index contributed by atoms with van der Waals surface area (Å²) in [6.45, 7) is 1.73. The van der Waals surface area contributed by atoms with Gasteiger partial charge in [0.05, 0.1) is 16.0 Å². The molecule has 4 rings (SSSR count). The standard InChI is InChI=1S/C24H26ClN5O4S/c25-19-15-18-5-4-11-26-22(18)21(16-19)23(31)27-12-10-17-6-8-20(9-7-17)35(33,34)29-24(32)28-30-13-2-1-3-14-30/h4-9,11,15-16H,1-3,10,12-14H2,(H,27,31)(H2,28,29,32). The number of nitrogens with one attached hydrogen (secondary N) is 3. The van der Waals surface area contributed by atoms with E-state index in [9.17, 15) is 18.0 Å². The summed E-state index contributed by atoms with van der Waals surface area (Å²) in [5.74, 6) is -0.292. The maximum absolute atomic E-state index is 12.7. The fourth-order valence-corrected chi connectivity index (χ4v) is 5.06. The molecule has 0 radical (unpaired) electrons. The molecule has 0 bridgehead atoms. The van der Waals surface area contributed by atoms with Gasteiger partial charge in [-0.25, -0.2) is 22.9 Å². The Morgan fingerprint density at radius 2 is 1.77 bits per heavy atom. The van der Waals surface area contributed by atoms with Gasteiger partial charge < -0.3 is 5.32 Å². The molecular weight excluding hydrogens is 490 g/mol. The minimum Gasteiger partial charge on any atom is -0.352 e. The Morgan fingerprint density at radius 3 is 2.51 bits per heavy atom. The highest BCUT2D eigenvalue weighted by Crippen LogP contribution is 2.22. The van der Waals surface area contributed by atoms with Crippen LogP contribution in [0.25, 0.3) is 10.9 Å². The molecule has 0 saturated carbocycles. The van der Waals surface area contributed by atoms with Crippen molar-refractivity contribution in [1.29, 1.82) is 0 Å². The highest BCUT2D eigenvalue weighted by atomic mass is 35.5. The van der Waals surface area contributed by atoms with Crippen molar-refractivity contribution in [2.45, 2.75) is 30.6 Å². The summed E-state index contributed by atoms with van der Waals surface area (Å²) in [5.41, 5.74) is 4.37. The number of fused-ring (bicyclic) bond motifs is 1. The van der Waals surface area contributed by atoms with Crippen molar-refractivity contribution in [2.24, 2.45) is 0 Å². The highest BCUT2D eigenvalue weighted by molar-refractivity contribution is 7.90. The lowest BCUT2D eigenvalue weighted by atomic mass is 10.1. The zero-order chi connectivity index (χ0) is 24.8.